The maximum Gasteiger partial charge on any atom is 0.239 e. The number of hydrogen-bond donors (Lipinski definition) is 0. The zero-order valence-corrected chi connectivity index (χ0v) is 9.79. The van der Waals surface area contributed by atoms with Crippen LogP contribution in [0.5, 0.6) is 0 Å². The van der Waals surface area contributed by atoms with Crippen molar-refractivity contribution >= 4 is 5.91 Å². The number of nitrogens with zero attached hydrogens (tertiary/aromatic N) is 2. The smallest absolute Gasteiger partial charge is 0.239 e. The van der Waals surface area contributed by atoms with Gasteiger partial charge < -0.3 is 4.90 Å². The predicted octanol–water partition coefficient (Wildman–Crippen LogP) is 1.19. The van der Waals surface area contributed by atoms with Gasteiger partial charge >= 0.3 is 0 Å². The van der Waals surface area contributed by atoms with Crippen molar-refractivity contribution in [1.82, 2.24) is 9.80 Å². The van der Waals surface area contributed by atoms with Crippen LogP contribution in [0.4, 0.5) is 0 Å². The molecule has 0 spiro atoms. The van der Waals surface area contributed by atoms with Gasteiger partial charge in [0, 0.05) is 13.1 Å². The van der Waals surface area contributed by atoms with Gasteiger partial charge in [0.15, 0.2) is 0 Å². The Morgan fingerprint density at radius 2 is 1.93 bits per heavy atom. The van der Waals surface area contributed by atoms with E-state index >= 15 is 0 Å². The van der Waals surface area contributed by atoms with Crippen molar-refractivity contribution < 1.29 is 4.79 Å². The van der Waals surface area contributed by atoms with Gasteiger partial charge in [0.05, 0.1) is 6.04 Å². The molecule has 1 aliphatic heterocycles. The molecule has 0 aliphatic carbocycles. The fourth-order valence-corrected chi connectivity index (χ4v) is 2.07. The van der Waals surface area contributed by atoms with E-state index in [1.54, 1.807) is 0 Å². The molecule has 1 heterocycles. The molecule has 0 N–H and O–H groups in total. The van der Waals surface area contributed by atoms with Crippen LogP contribution in [-0.4, -0.2) is 47.9 Å². The highest BCUT2D eigenvalue weighted by molar-refractivity contribution is 5.82. The van der Waals surface area contributed by atoms with Crippen LogP contribution in [-0.2, 0) is 4.79 Å². The molecule has 1 saturated heterocycles. The number of likely N-dealkylation sites (N-methyl/N-ethyl adjacent to an activating group) is 1. The third-order valence-corrected chi connectivity index (χ3v) is 3.09. The minimum absolute atomic E-state index is 0.0532. The quantitative estimate of drug-likeness (QED) is 0.677. The molecule has 0 aromatic heterocycles. The Hall–Kier alpha value is -0.570. The van der Waals surface area contributed by atoms with E-state index < -0.39 is 0 Å². The summed E-state index contributed by atoms with van der Waals surface area (Å²) < 4.78 is 0. The summed E-state index contributed by atoms with van der Waals surface area (Å²) in [5.41, 5.74) is 0. The summed E-state index contributed by atoms with van der Waals surface area (Å²) in [5.74, 6) is 0.995. The molecule has 3 nitrogen and oxygen atoms in total. The third-order valence-electron chi connectivity index (χ3n) is 3.09. The fourth-order valence-electron chi connectivity index (χ4n) is 2.07. The van der Waals surface area contributed by atoms with Gasteiger partial charge in [-0.1, -0.05) is 20.8 Å². The van der Waals surface area contributed by atoms with Crippen molar-refractivity contribution in [1.29, 1.82) is 0 Å². The average Bonchev–Trinajstić information content (AvgIpc) is 2.13. The summed E-state index contributed by atoms with van der Waals surface area (Å²) in [6.07, 6.45) is 0. The first-order valence-electron chi connectivity index (χ1n) is 5.62. The highest BCUT2D eigenvalue weighted by Gasteiger charge is 2.31. The molecule has 1 amide bonds. The highest BCUT2D eigenvalue weighted by atomic mass is 16.2. The number of hydrogen-bond acceptors (Lipinski definition) is 2. The van der Waals surface area contributed by atoms with Gasteiger partial charge in [-0.15, -0.1) is 0 Å². The Labute approximate surface area is 87.1 Å². The first kappa shape index (κ1) is 11.5. The van der Waals surface area contributed by atoms with Crippen LogP contribution in [0, 0.1) is 5.92 Å². The Morgan fingerprint density at radius 3 is 2.29 bits per heavy atom. The minimum Gasteiger partial charge on any atom is -0.341 e. The van der Waals surface area contributed by atoms with Gasteiger partial charge in [0.2, 0.25) is 5.91 Å². The number of rotatable bonds is 4. The second kappa shape index (κ2) is 4.78. The van der Waals surface area contributed by atoms with Gasteiger partial charge in [-0.2, -0.15) is 0 Å². The maximum absolute atomic E-state index is 11.9. The summed E-state index contributed by atoms with van der Waals surface area (Å²) in [4.78, 5) is 16.1. The van der Waals surface area contributed by atoms with Crippen molar-refractivity contribution in [2.45, 2.75) is 33.7 Å². The lowest BCUT2D eigenvalue weighted by molar-refractivity contribution is -0.142. The van der Waals surface area contributed by atoms with Crippen LogP contribution in [0.25, 0.3) is 0 Å². The topological polar surface area (TPSA) is 23.6 Å². The number of carbonyl (C=O) groups excluding carboxylic acids is 1. The molecule has 3 heteroatoms. The van der Waals surface area contributed by atoms with Gasteiger partial charge in [-0.3, -0.25) is 9.69 Å². The predicted molar refractivity (Wildman–Crippen MR) is 58.1 cm³/mol. The zero-order chi connectivity index (χ0) is 10.7. The molecule has 1 aliphatic rings. The molecule has 82 valence electrons. The zero-order valence-electron chi connectivity index (χ0n) is 9.79. The molecule has 0 unspecified atom stereocenters. The molecule has 0 radical (unpaired) electrons. The molecule has 0 bridgehead atoms. The van der Waals surface area contributed by atoms with Crippen molar-refractivity contribution in [2.75, 3.05) is 26.2 Å². The van der Waals surface area contributed by atoms with E-state index in [4.69, 9.17) is 0 Å². The number of amides is 1. The Kier molecular flexibility index (Phi) is 3.93. The van der Waals surface area contributed by atoms with E-state index in [0.29, 0.717) is 11.8 Å². The third kappa shape index (κ3) is 2.27. The second-order valence-corrected chi connectivity index (χ2v) is 4.25. The van der Waals surface area contributed by atoms with Crippen molar-refractivity contribution in [3.63, 3.8) is 0 Å². The van der Waals surface area contributed by atoms with Crippen LogP contribution in [0.1, 0.15) is 27.7 Å². The van der Waals surface area contributed by atoms with Crippen LogP contribution < -0.4 is 0 Å². The van der Waals surface area contributed by atoms with Gasteiger partial charge in [0.25, 0.3) is 0 Å². The van der Waals surface area contributed by atoms with E-state index in [9.17, 15) is 4.79 Å². The van der Waals surface area contributed by atoms with Gasteiger partial charge in [0.1, 0.15) is 0 Å². The van der Waals surface area contributed by atoms with E-state index in [-0.39, 0.29) is 6.04 Å². The molecular weight excluding hydrogens is 176 g/mol. The molecular formula is C11H22N2O. The van der Waals surface area contributed by atoms with Crippen LogP contribution in [0.2, 0.25) is 0 Å². The molecule has 1 rings (SSSR count). The normalized spacial score (nSPS) is 19.6. The molecule has 0 aromatic rings. The van der Waals surface area contributed by atoms with E-state index in [2.05, 4.69) is 25.7 Å². The van der Waals surface area contributed by atoms with Crippen molar-refractivity contribution in [3.8, 4) is 0 Å². The number of carbonyl (C=O) groups is 1. The first-order chi connectivity index (χ1) is 6.60. The SMILES string of the molecule is CCN(CC)[C@H](C)C(=O)N1CC(C)C1. The Bertz CT molecular complexity index is 195. The monoisotopic (exact) mass is 198 g/mol. The molecule has 0 saturated carbocycles. The number of likely N-dealkylation sites (tertiary alicyclic amines) is 1. The molecule has 14 heavy (non-hydrogen) atoms. The van der Waals surface area contributed by atoms with E-state index in [1.807, 2.05) is 11.8 Å². The summed E-state index contributed by atoms with van der Waals surface area (Å²) in [5, 5.41) is 0. The summed E-state index contributed by atoms with van der Waals surface area (Å²) in [6, 6.07) is 0.0532. The van der Waals surface area contributed by atoms with Crippen LogP contribution in [0.3, 0.4) is 0 Å². The maximum atomic E-state index is 11.9. The average molecular weight is 198 g/mol. The summed E-state index contributed by atoms with van der Waals surface area (Å²) >= 11 is 0. The standard InChI is InChI=1S/C11H22N2O/c1-5-12(6-2)10(4)11(14)13-7-9(3)8-13/h9-10H,5-8H2,1-4H3/t10-/m1/s1. The summed E-state index contributed by atoms with van der Waals surface area (Å²) in [7, 11) is 0. The minimum atomic E-state index is 0.0532. The molecule has 0 aromatic carbocycles. The lowest BCUT2D eigenvalue weighted by Gasteiger charge is -2.40. The van der Waals surface area contributed by atoms with E-state index in [0.717, 1.165) is 26.2 Å². The van der Waals surface area contributed by atoms with Crippen molar-refractivity contribution in [3.05, 3.63) is 0 Å². The first-order valence-corrected chi connectivity index (χ1v) is 5.62. The van der Waals surface area contributed by atoms with Crippen LogP contribution in [0.15, 0.2) is 0 Å². The summed E-state index contributed by atoms with van der Waals surface area (Å²) in [6.45, 7) is 12.2. The molecule has 1 fully saturated rings. The van der Waals surface area contributed by atoms with Gasteiger partial charge in [-0.05, 0) is 25.9 Å². The Morgan fingerprint density at radius 1 is 1.43 bits per heavy atom. The second-order valence-electron chi connectivity index (χ2n) is 4.25. The highest BCUT2D eigenvalue weighted by Crippen LogP contribution is 2.16. The largest absolute Gasteiger partial charge is 0.341 e. The fraction of sp³-hybridized carbons (Fsp3) is 0.909. The van der Waals surface area contributed by atoms with Crippen LogP contribution >= 0.6 is 0 Å². The molecule has 1 atom stereocenters. The Balaban J connectivity index is 2.43. The lowest BCUT2D eigenvalue weighted by Crippen LogP contribution is -2.55. The van der Waals surface area contributed by atoms with Gasteiger partial charge in [-0.25, -0.2) is 0 Å². The lowest BCUT2D eigenvalue weighted by atomic mass is 10.0. The van der Waals surface area contributed by atoms with Crippen molar-refractivity contribution in [2.24, 2.45) is 5.92 Å². The van der Waals surface area contributed by atoms with E-state index in [1.165, 1.54) is 0 Å².